The van der Waals surface area contributed by atoms with Crippen molar-refractivity contribution in [2.24, 2.45) is 0 Å². The molecule has 3 rings (SSSR count). The lowest BCUT2D eigenvalue weighted by Gasteiger charge is -2.21. The van der Waals surface area contributed by atoms with Crippen molar-refractivity contribution >= 4 is 22.8 Å². The summed E-state index contributed by atoms with van der Waals surface area (Å²) in [4.78, 5) is 27.1. The van der Waals surface area contributed by atoms with Crippen molar-refractivity contribution in [1.29, 1.82) is 0 Å². The highest BCUT2D eigenvalue weighted by Crippen LogP contribution is 2.30. The van der Waals surface area contributed by atoms with Crippen LogP contribution in [0.2, 0.25) is 0 Å². The zero-order valence-electron chi connectivity index (χ0n) is 16.2. The first-order chi connectivity index (χ1) is 13.6. The average molecular weight is 378 g/mol. The Balaban J connectivity index is 1.78. The lowest BCUT2D eigenvalue weighted by Crippen LogP contribution is -2.48. The summed E-state index contributed by atoms with van der Waals surface area (Å²) in [5.41, 5.74) is 3.42. The number of urea groups is 1. The number of benzene rings is 2. The number of hydrogen-bond donors (Lipinski definition) is 4. The van der Waals surface area contributed by atoms with Crippen molar-refractivity contribution in [1.82, 2.24) is 20.9 Å². The highest BCUT2D eigenvalue weighted by Gasteiger charge is 2.21. The predicted molar refractivity (Wildman–Crippen MR) is 111 cm³/mol. The van der Waals surface area contributed by atoms with Gasteiger partial charge in [0.15, 0.2) is 0 Å². The second kappa shape index (κ2) is 9.19. The highest BCUT2D eigenvalue weighted by molar-refractivity contribution is 5.96. The summed E-state index contributed by atoms with van der Waals surface area (Å²) in [6.45, 7) is 4.59. The molecule has 1 heterocycles. The van der Waals surface area contributed by atoms with Gasteiger partial charge in [-0.25, -0.2) is 4.79 Å². The van der Waals surface area contributed by atoms with Crippen molar-refractivity contribution in [3.8, 4) is 0 Å². The number of hydrogen-bond acceptors (Lipinski definition) is 3. The Labute approximate surface area is 164 Å². The second-order valence-electron chi connectivity index (χ2n) is 6.73. The van der Waals surface area contributed by atoms with Gasteiger partial charge in [-0.15, -0.1) is 0 Å². The molecule has 2 aromatic carbocycles. The molecular weight excluding hydrogens is 352 g/mol. The van der Waals surface area contributed by atoms with Gasteiger partial charge in [-0.1, -0.05) is 48.5 Å². The summed E-state index contributed by atoms with van der Waals surface area (Å²) in [7, 11) is 0. The van der Waals surface area contributed by atoms with E-state index in [1.807, 2.05) is 36.5 Å². The third kappa shape index (κ3) is 4.58. The monoisotopic (exact) mass is 378 g/mol. The smallest absolute Gasteiger partial charge is 0.321 e. The van der Waals surface area contributed by atoms with Gasteiger partial charge in [-0.2, -0.15) is 0 Å². The SMILES string of the molecule is CCNC(=O)NC(=O)[C@H](C)NC[C@H](c1ccccc1)c1c[nH]c2ccccc12. The molecule has 0 spiro atoms. The molecule has 0 aliphatic rings. The van der Waals surface area contributed by atoms with Crippen LogP contribution in [0.1, 0.15) is 30.9 Å². The third-order valence-corrected chi connectivity index (χ3v) is 4.79. The highest BCUT2D eigenvalue weighted by atomic mass is 16.2. The number of fused-ring (bicyclic) bond motifs is 1. The van der Waals surface area contributed by atoms with Crippen LogP contribution in [0.15, 0.2) is 60.8 Å². The van der Waals surface area contributed by atoms with Crippen LogP contribution in [-0.2, 0) is 4.79 Å². The molecule has 0 saturated carbocycles. The molecule has 2 atom stereocenters. The van der Waals surface area contributed by atoms with Crippen LogP contribution in [0, 0.1) is 0 Å². The number of nitrogens with one attached hydrogen (secondary N) is 4. The first-order valence-electron chi connectivity index (χ1n) is 9.53. The first-order valence-corrected chi connectivity index (χ1v) is 9.53. The van der Waals surface area contributed by atoms with E-state index in [9.17, 15) is 9.59 Å². The summed E-state index contributed by atoms with van der Waals surface area (Å²) in [5.74, 6) is -0.284. The molecule has 0 bridgehead atoms. The first kappa shape index (κ1) is 19.6. The summed E-state index contributed by atoms with van der Waals surface area (Å²) >= 11 is 0. The van der Waals surface area contributed by atoms with Crippen molar-refractivity contribution in [2.45, 2.75) is 25.8 Å². The van der Waals surface area contributed by atoms with Gasteiger partial charge in [0.1, 0.15) is 0 Å². The molecule has 6 nitrogen and oxygen atoms in total. The molecule has 0 radical (unpaired) electrons. The van der Waals surface area contributed by atoms with Gasteiger partial charge in [-0.3, -0.25) is 10.1 Å². The molecule has 3 amide bonds. The van der Waals surface area contributed by atoms with E-state index >= 15 is 0 Å². The van der Waals surface area contributed by atoms with Crippen LogP contribution in [0.4, 0.5) is 4.79 Å². The van der Waals surface area contributed by atoms with Gasteiger partial charge in [0.2, 0.25) is 5.91 Å². The summed E-state index contributed by atoms with van der Waals surface area (Å²) in [6.07, 6.45) is 2.03. The molecular formula is C22H26N4O2. The third-order valence-electron chi connectivity index (χ3n) is 4.79. The molecule has 0 fully saturated rings. The van der Waals surface area contributed by atoms with E-state index in [0.29, 0.717) is 13.1 Å². The maximum absolute atomic E-state index is 12.2. The van der Waals surface area contributed by atoms with E-state index in [2.05, 4.69) is 45.2 Å². The maximum Gasteiger partial charge on any atom is 0.321 e. The van der Waals surface area contributed by atoms with Crippen LogP contribution in [-0.4, -0.2) is 36.1 Å². The zero-order valence-corrected chi connectivity index (χ0v) is 16.2. The Bertz CT molecular complexity index is 936. The molecule has 1 aromatic heterocycles. The van der Waals surface area contributed by atoms with Crippen LogP contribution in [0.25, 0.3) is 10.9 Å². The van der Waals surface area contributed by atoms with Crippen LogP contribution < -0.4 is 16.0 Å². The van der Waals surface area contributed by atoms with Gasteiger partial charge >= 0.3 is 6.03 Å². The molecule has 28 heavy (non-hydrogen) atoms. The molecule has 3 aromatic rings. The van der Waals surface area contributed by atoms with Crippen molar-refractivity contribution in [3.05, 3.63) is 71.9 Å². The van der Waals surface area contributed by atoms with E-state index < -0.39 is 12.1 Å². The van der Waals surface area contributed by atoms with Crippen LogP contribution >= 0.6 is 0 Å². The number of H-pyrrole nitrogens is 1. The van der Waals surface area contributed by atoms with Crippen molar-refractivity contribution < 1.29 is 9.59 Å². The van der Waals surface area contributed by atoms with E-state index in [-0.39, 0.29) is 11.8 Å². The summed E-state index contributed by atoms with van der Waals surface area (Å²) < 4.78 is 0. The minimum absolute atomic E-state index is 0.0667. The Morgan fingerprint density at radius 1 is 1.04 bits per heavy atom. The number of aromatic amines is 1. The number of rotatable bonds is 7. The minimum atomic E-state index is -0.501. The van der Waals surface area contributed by atoms with Crippen molar-refractivity contribution in [3.63, 3.8) is 0 Å². The molecule has 4 N–H and O–H groups in total. The molecule has 0 aliphatic heterocycles. The number of carbonyl (C=O) groups excluding carboxylic acids is 2. The van der Waals surface area contributed by atoms with Crippen molar-refractivity contribution in [2.75, 3.05) is 13.1 Å². The van der Waals surface area contributed by atoms with E-state index in [1.54, 1.807) is 13.8 Å². The largest absolute Gasteiger partial charge is 0.361 e. The Kier molecular flexibility index (Phi) is 6.45. The fourth-order valence-corrected chi connectivity index (χ4v) is 3.29. The lowest BCUT2D eigenvalue weighted by molar-refractivity contribution is -0.121. The topological polar surface area (TPSA) is 86.0 Å². The van der Waals surface area contributed by atoms with Gasteiger partial charge in [0, 0.05) is 36.1 Å². The van der Waals surface area contributed by atoms with Gasteiger partial charge < -0.3 is 15.6 Å². The quantitative estimate of drug-likeness (QED) is 0.509. The average Bonchev–Trinajstić information content (AvgIpc) is 3.13. The van der Waals surface area contributed by atoms with Gasteiger partial charge in [0.25, 0.3) is 0 Å². The summed E-state index contributed by atoms with van der Waals surface area (Å²) in [5, 5.41) is 9.35. The van der Waals surface area contributed by atoms with Crippen LogP contribution in [0.3, 0.4) is 0 Å². The molecule has 0 saturated heterocycles. The fraction of sp³-hybridized carbons (Fsp3) is 0.273. The molecule has 0 aliphatic carbocycles. The Hall–Kier alpha value is -3.12. The normalized spacial score (nSPS) is 13.1. The van der Waals surface area contributed by atoms with Gasteiger partial charge in [-0.05, 0) is 31.0 Å². The maximum atomic E-state index is 12.2. The van der Waals surface area contributed by atoms with Gasteiger partial charge in [0.05, 0.1) is 6.04 Å². The number of aromatic nitrogens is 1. The number of carbonyl (C=O) groups is 2. The van der Waals surface area contributed by atoms with E-state index in [1.165, 1.54) is 5.56 Å². The van der Waals surface area contributed by atoms with E-state index in [4.69, 9.17) is 0 Å². The summed E-state index contributed by atoms with van der Waals surface area (Å²) in [6, 6.07) is 17.4. The van der Waals surface area contributed by atoms with Crippen LogP contribution in [0.5, 0.6) is 0 Å². The molecule has 6 heteroatoms. The standard InChI is InChI=1S/C22H26N4O2/c1-3-23-22(28)26-21(27)15(2)24-13-18(16-9-5-4-6-10-16)19-14-25-20-12-8-7-11-17(19)20/h4-12,14-15,18,24-25H,3,13H2,1-2H3,(H2,23,26,27,28)/t15-,18+/m0/s1. The fourth-order valence-electron chi connectivity index (χ4n) is 3.29. The predicted octanol–water partition coefficient (Wildman–Crippen LogP) is 3.12. The zero-order chi connectivity index (χ0) is 19.9. The number of amides is 3. The number of imide groups is 1. The molecule has 146 valence electrons. The molecule has 0 unspecified atom stereocenters. The Morgan fingerprint density at radius 3 is 2.50 bits per heavy atom. The number of para-hydroxylation sites is 1. The van der Waals surface area contributed by atoms with E-state index in [0.717, 1.165) is 16.5 Å². The Morgan fingerprint density at radius 2 is 1.75 bits per heavy atom. The lowest BCUT2D eigenvalue weighted by atomic mass is 9.90. The second-order valence-corrected chi connectivity index (χ2v) is 6.73. The minimum Gasteiger partial charge on any atom is -0.361 e.